The van der Waals surface area contributed by atoms with Crippen LogP contribution < -0.4 is 10.1 Å². The van der Waals surface area contributed by atoms with Crippen LogP contribution >= 0.6 is 0 Å². The molecule has 2 rings (SSSR count). The number of carboxylic acid groups (broad SMARTS) is 1. The number of rotatable bonds is 5. The van der Waals surface area contributed by atoms with E-state index in [9.17, 15) is 4.79 Å². The van der Waals surface area contributed by atoms with Gasteiger partial charge in [0, 0.05) is 11.8 Å². The molecule has 0 aliphatic carbocycles. The fourth-order valence-electron chi connectivity index (χ4n) is 2.00. The van der Waals surface area contributed by atoms with Gasteiger partial charge >= 0.3 is 5.97 Å². The predicted molar refractivity (Wildman–Crippen MR) is 76.2 cm³/mol. The molecule has 0 aliphatic rings. The average molecular weight is 272 g/mol. The van der Waals surface area contributed by atoms with E-state index in [-0.39, 0.29) is 11.6 Å². The summed E-state index contributed by atoms with van der Waals surface area (Å²) in [6.07, 6.45) is 1.56. The summed E-state index contributed by atoms with van der Waals surface area (Å²) >= 11 is 0. The molecule has 1 aromatic carbocycles. The first-order chi connectivity index (χ1) is 9.63. The number of methoxy groups -OCH3 is 1. The van der Waals surface area contributed by atoms with Gasteiger partial charge < -0.3 is 15.2 Å². The van der Waals surface area contributed by atoms with Crippen LogP contribution in [0.5, 0.6) is 5.75 Å². The van der Waals surface area contributed by atoms with Crippen LogP contribution in [0.25, 0.3) is 0 Å². The molecule has 0 spiro atoms. The van der Waals surface area contributed by atoms with Crippen molar-refractivity contribution in [3.63, 3.8) is 0 Å². The Morgan fingerprint density at radius 3 is 2.75 bits per heavy atom. The van der Waals surface area contributed by atoms with Gasteiger partial charge in [0.05, 0.1) is 13.2 Å². The number of ether oxygens (including phenoxy) is 1. The van der Waals surface area contributed by atoms with Gasteiger partial charge in [0.2, 0.25) is 0 Å². The van der Waals surface area contributed by atoms with Crippen molar-refractivity contribution < 1.29 is 14.6 Å². The zero-order chi connectivity index (χ0) is 14.5. The highest BCUT2D eigenvalue weighted by Crippen LogP contribution is 2.27. The van der Waals surface area contributed by atoms with E-state index in [1.165, 1.54) is 6.07 Å². The second-order valence-electron chi connectivity index (χ2n) is 4.31. The molecule has 0 amide bonds. The van der Waals surface area contributed by atoms with Gasteiger partial charge in [0.1, 0.15) is 17.1 Å². The number of para-hydroxylation sites is 1. The Balaban J connectivity index is 2.28. The number of aromatic carboxylic acids is 1. The SMILES string of the molecule is COc1ccccc1[C@@H](C)Nc1ncccc1C(=O)O. The molecule has 1 aromatic heterocycles. The number of hydrogen-bond acceptors (Lipinski definition) is 4. The fourth-order valence-corrected chi connectivity index (χ4v) is 2.00. The van der Waals surface area contributed by atoms with E-state index in [4.69, 9.17) is 9.84 Å². The number of anilines is 1. The second-order valence-corrected chi connectivity index (χ2v) is 4.31. The highest BCUT2D eigenvalue weighted by Gasteiger charge is 2.15. The first-order valence-electron chi connectivity index (χ1n) is 6.21. The van der Waals surface area contributed by atoms with Crippen LogP contribution in [0.1, 0.15) is 28.9 Å². The Morgan fingerprint density at radius 1 is 1.30 bits per heavy atom. The second kappa shape index (κ2) is 6.06. The van der Waals surface area contributed by atoms with E-state index < -0.39 is 5.97 Å². The molecule has 0 bridgehead atoms. The Bertz CT molecular complexity index is 614. The molecule has 20 heavy (non-hydrogen) atoms. The standard InChI is InChI=1S/C15H16N2O3/c1-10(11-6-3-4-8-13(11)20-2)17-14-12(15(18)19)7-5-9-16-14/h3-10H,1-2H3,(H,16,17)(H,18,19)/t10-/m1/s1. The Labute approximate surface area is 117 Å². The molecule has 104 valence electrons. The lowest BCUT2D eigenvalue weighted by atomic mass is 10.1. The largest absolute Gasteiger partial charge is 0.496 e. The van der Waals surface area contributed by atoms with Crippen LogP contribution in [-0.4, -0.2) is 23.2 Å². The minimum Gasteiger partial charge on any atom is -0.496 e. The Hall–Kier alpha value is -2.56. The minimum atomic E-state index is -1.01. The molecule has 5 heteroatoms. The van der Waals surface area contributed by atoms with Crippen molar-refractivity contribution in [1.29, 1.82) is 0 Å². The van der Waals surface area contributed by atoms with Crippen molar-refractivity contribution in [2.24, 2.45) is 0 Å². The van der Waals surface area contributed by atoms with Crippen molar-refractivity contribution in [3.8, 4) is 5.75 Å². The maximum Gasteiger partial charge on any atom is 0.339 e. The van der Waals surface area contributed by atoms with E-state index in [1.807, 2.05) is 31.2 Å². The molecule has 1 heterocycles. The molecular formula is C15H16N2O3. The molecule has 1 atom stereocenters. The summed E-state index contributed by atoms with van der Waals surface area (Å²) in [5.41, 5.74) is 1.09. The van der Waals surface area contributed by atoms with Gasteiger partial charge in [-0.25, -0.2) is 9.78 Å². The van der Waals surface area contributed by atoms with Crippen molar-refractivity contribution >= 4 is 11.8 Å². The number of nitrogens with one attached hydrogen (secondary N) is 1. The maximum absolute atomic E-state index is 11.2. The van der Waals surface area contributed by atoms with Crippen LogP contribution in [0.4, 0.5) is 5.82 Å². The molecule has 5 nitrogen and oxygen atoms in total. The lowest BCUT2D eigenvalue weighted by molar-refractivity contribution is 0.0697. The number of carboxylic acids is 1. The molecule has 0 saturated carbocycles. The van der Waals surface area contributed by atoms with Crippen molar-refractivity contribution in [1.82, 2.24) is 4.98 Å². The number of nitrogens with zero attached hydrogens (tertiary/aromatic N) is 1. The lowest BCUT2D eigenvalue weighted by Gasteiger charge is -2.18. The van der Waals surface area contributed by atoms with Gasteiger partial charge in [-0.05, 0) is 25.1 Å². The van der Waals surface area contributed by atoms with Gasteiger partial charge in [0.15, 0.2) is 0 Å². The number of hydrogen-bond donors (Lipinski definition) is 2. The van der Waals surface area contributed by atoms with Gasteiger partial charge in [0.25, 0.3) is 0 Å². The summed E-state index contributed by atoms with van der Waals surface area (Å²) in [7, 11) is 1.61. The van der Waals surface area contributed by atoms with Crippen LogP contribution in [-0.2, 0) is 0 Å². The third-order valence-electron chi connectivity index (χ3n) is 3.00. The predicted octanol–water partition coefficient (Wildman–Crippen LogP) is 2.96. The normalized spacial score (nSPS) is 11.7. The smallest absolute Gasteiger partial charge is 0.339 e. The zero-order valence-corrected chi connectivity index (χ0v) is 11.3. The molecule has 0 aliphatic heterocycles. The first kappa shape index (κ1) is 13.9. The summed E-state index contributed by atoms with van der Waals surface area (Å²) in [5.74, 6) is 0.0894. The molecule has 2 N–H and O–H groups in total. The minimum absolute atomic E-state index is 0.126. The van der Waals surface area contributed by atoms with Crippen molar-refractivity contribution in [3.05, 3.63) is 53.7 Å². The van der Waals surface area contributed by atoms with E-state index >= 15 is 0 Å². The summed E-state index contributed by atoms with van der Waals surface area (Å²) in [6, 6.07) is 10.6. The van der Waals surface area contributed by atoms with E-state index in [1.54, 1.807) is 19.4 Å². The van der Waals surface area contributed by atoms with Gasteiger partial charge in [-0.2, -0.15) is 0 Å². The van der Waals surface area contributed by atoms with Crippen LogP contribution in [0.3, 0.4) is 0 Å². The summed E-state index contributed by atoms with van der Waals surface area (Å²) in [6.45, 7) is 1.93. The average Bonchev–Trinajstić information content (AvgIpc) is 2.47. The molecule has 0 fully saturated rings. The molecule has 0 radical (unpaired) electrons. The fraction of sp³-hybridized carbons (Fsp3) is 0.200. The van der Waals surface area contributed by atoms with E-state index in [0.29, 0.717) is 5.82 Å². The maximum atomic E-state index is 11.2. The van der Waals surface area contributed by atoms with Crippen molar-refractivity contribution in [2.75, 3.05) is 12.4 Å². The van der Waals surface area contributed by atoms with E-state index in [0.717, 1.165) is 11.3 Å². The molecular weight excluding hydrogens is 256 g/mol. The van der Waals surface area contributed by atoms with Gasteiger partial charge in [-0.3, -0.25) is 0 Å². The topological polar surface area (TPSA) is 71.5 Å². The highest BCUT2D eigenvalue weighted by atomic mass is 16.5. The third kappa shape index (κ3) is 2.88. The monoisotopic (exact) mass is 272 g/mol. The van der Waals surface area contributed by atoms with Crippen molar-refractivity contribution in [2.45, 2.75) is 13.0 Å². The third-order valence-corrected chi connectivity index (χ3v) is 3.00. The first-order valence-corrected chi connectivity index (χ1v) is 6.21. The number of pyridine rings is 1. The zero-order valence-electron chi connectivity index (χ0n) is 11.3. The number of benzene rings is 1. The summed E-state index contributed by atoms with van der Waals surface area (Å²) in [4.78, 5) is 15.2. The summed E-state index contributed by atoms with van der Waals surface area (Å²) in [5, 5.41) is 12.3. The van der Waals surface area contributed by atoms with Gasteiger partial charge in [-0.15, -0.1) is 0 Å². The lowest BCUT2D eigenvalue weighted by Crippen LogP contribution is -2.12. The number of carbonyl (C=O) groups is 1. The molecule has 0 saturated heterocycles. The molecule has 0 unspecified atom stereocenters. The quantitative estimate of drug-likeness (QED) is 0.875. The summed E-state index contributed by atoms with van der Waals surface area (Å²) < 4.78 is 5.31. The van der Waals surface area contributed by atoms with Crippen LogP contribution in [0, 0.1) is 0 Å². The Kier molecular flexibility index (Phi) is 4.20. The van der Waals surface area contributed by atoms with E-state index in [2.05, 4.69) is 10.3 Å². The molecule has 2 aromatic rings. The highest BCUT2D eigenvalue weighted by molar-refractivity contribution is 5.93. The van der Waals surface area contributed by atoms with Gasteiger partial charge in [-0.1, -0.05) is 18.2 Å². The van der Waals surface area contributed by atoms with Crippen LogP contribution in [0.2, 0.25) is 0 Å². The van der Waals surface area contributed by atoms with Crippen LogP contribution in [0.15, 0.2) is 42.6 Å². The number of aromatic nitrogens is 1. The Morgan fingerprint density at radius 2 is 2.05 bits per heavy atom.